The smallest absolute Gasteiger partial charge is 0.329 e. The molecule has 1 atom stereocenters. The molecule has 1 fully saturated rings. The molecule has 1 aliphatic rings. The summed E-state index contributed by atoms with van der Waals surface area (Å²) in [5, 5.41) is 19.2. The highest BCUT2D eigenvalue weighted by atomic mass is 16.4. The summed E-state index contributed by atoms with van der Waals surface area (Å²) >= 11 is 0. The number of carboxylic acid groups (broad SMARTS) is 1. The Bertz CT molecular complexity index is 1340. The largest absolute Gasteiger partial charge is 0.480 e. The van der Waals surface area contributed by atoms with Crippen molar-refractivity contribution >= 4 is 40.2 Å². The number of para-hydroxylation sites is 1. The van der Waals surface area contributed by atoms with Gasteiger partial charge in [0, 0.05) is 11.1 Å². The Hall–Kier alpha value is -3.94. The van der Waals surface area contributed by atoms with Crippen molar-refractivity contribution in [2.75, 3.05) is 10.6 Å². The van der Waals surface area contributed by atoms with Crippen molar-refractivity contribution in [3.63, 3.8) is 0 Å². The minimum atomic E-state index is -1.44. The number of carboxylic acids is 1. The molecule has 0 spiro atoms. The van der Waals surface area contributed by atoms with Gasteiger partial charge < -0.3 is 21.1 Å². The molecule has 194 valence electrons. The Morgan fingerprint density at radius 2 is 1.59 bits per heavy atom. The number of pyridine rings is 1. The summed E-state index contributed by atoms with van der Waals surface area (Å²) < 4.78 is 0. The molecular formula is C29H34N4O4. The molecule has 1 aliphatic carbocycles. The zero-order valence-electron chi connectivity index (χ0n) is 21.8. The average Bonchev–Trinajstić information content (AvgIpc) is 2.86. The van der Waals surface area contributed by atoms with Gasteiger partial charge in [-0.1, -0.05) is 55.2 Å². The molecule has 8 nitrogen and oxygen atoms in total. The predicted octanol–water partition coefficient (Wildman–Crippen LogP) is 5.96. The Morgan fingerprint density at radius 1 is 0.946 bits per heavy atom. The molecule has 3 aromatic rings. The lowest BCUT2D eigenvalue weighted by molar-refractivity contribution is -0.146. The predicted molar refractivity (Wildman–Crippen MR) is 145 cm³/mol. The summed E-state index contributed by atoms with van der Waals surface area (Å²) in [6.07, 6.45) is 4.40. The van der Waals surface area contributed by atoms with Crippen molar-refractivity contribution in [2.45, 2.75) is 65.3 Å². The lowest BCUT2D eigenvalue weighted by atomic mass is 9.75. The number of aliphatic carboxylic acids is 1. The second kappa shape index (κ2) is 10.6. The van der Waals surface area contributed by atoms with Crippen molar-refractivity contribution in [2.24, 2.45) is 5.92 Å². The van der Waals surface area contributed by atoms with E-state index < -0.39 is 23.4 Å². The van der Waals surface area contributed by atoms with Crippen LogP contribution >= 0.6 is 0 Å². The fraction of sp³-hybridized carbons (Fsp3) is 0.379. The molecule has 0 aliphatic heterocycles. The van der Waals surface area contributed by atoms with Gasteiger partial charge >= 0.3 is 12.0 Å². The van der Waals surface area contributed by atoms with Crippen LogP contribution in [-0.2, 0) is 4.79 Å². The fourth-order valence-corrected chi connectivity index (χ4v) is 5.33. The molecule has 0 radical (unpaired) electrons. The first kappa shape index (κ1) is 26.1. The zero-order valence-corrected chi connectivity index (χ0v) is 21.8. The molecule has 8 heteroatoms. The van der Waals surface area contributed by atoms with Crippen LogP contribution in [0, 0.1) is 26.7 Å². The average molecular weight is 503 g/mol. The van der Waals surface area contributed by atoms with Crippen LogP contribution in [0.2, 0.25) is 0 Å². The Kier molecular flexibility index (Phi) is 7.47. The third-order valence-electron chi connectivity index (χ3n) is 7.34. The number of aromatic nitrogens is 1. The highest BCUT2D eigenvalue weighted by Gasteiger charge is 2.43. The summed E-state index contributed by atoms with van der Waals surface area (Å²) in [5.41, 5.74) is 2.93. The molecule has 3 amide bonds. The lowest BCUT2D eigenvalue weighted by Crippen LogP contribution is -2.57. The van der Waals surface area contributed by atoms with Gasteiger partial charge in [-0.25, -0.2) is 14.6 Å². The summed E-state index contributed by atoms with van der Waals surface area (Å²) in [7, 11) is 0. The van der Waals surface area contributed by atoms with Crippen LogP contribution in [0.1, 0.15) is 66.2 Å². The summed E-state index contributed by atoms with van der Waals surface area (Å²) in [5.74, 6) is -1.90. The van der Waals surface area contributed by atoms with Gasteiger partial charge in [0.25, 0.3) is 5.91 Å². The molecule has 4 N–H and O–H groups in total. The van der Waals surface area contributed by atoms with Crippen LogP contribution in [0.3, 0.4) is 0 Å². The molecule has 2 aromatic carbocycles. The molecule has 4 rings (SSSR count). The maximum absolute atomic E-state index is 13.5. The topological polar surface area (TPSA) is 120 Å². The number of carbonyl (C=O) groups excluding carboxylic acids is 2. The lowest BCUT2D eigenvalue weighted by Gasteiger charge is -2.37. The van der Waals surface area contributed by atoms with Crippen LogP contribution in [0.15, 0.2) is 42.5 Å². The van der Waals surface area contributed by atoms with Crippen molar-refractivity contribution in [3.05, 3.63) is 64.8 Å². The van der Waals surface area contributed by atoms with Crippen molar-refractivity contribution in [1.29, 1.82) is 0 Å². The van der Waals surface area contributed by atoms with Gasteiger partial charge in [-0.2, -0.15) is 0 Å². The van der Waals surface area contributed by atoms with E-state index in [1.54, 1.807) is 19.1 Å². The highest BCUT2D eigenvalue weighted by molar-refractivity contribution is 6.08. The summed E-state index contributed by atoms with van der Waals surface area (Å²) in [6.45, 7) is 7.40. The van der Waals surface area contributed by atoms with Crippen molar-refractivity contribution < 1.29 is 19.5 Å². The van der Waals surface area contributed by atoms with E-state index in [2.05, 4.69) is 20.9 Å². The van der Waals surface area contributed by atoms with Crippen LogP contribution < -0.4 is 16.0 Å². The monoisotopic (exact) mass is 502 g/mol. The molecular weight excluding hydrogens is 468 g/mol. The number of rotatable bonds is 6. The standard InChI is InChI=1S/C29H34N4O4/c1-17-14-18(2)24(19(3)15-17)32-28(37)31-23-16-20-10-8-9-13-22(20)30-25(23)26(34)33-29(4,27(35)36)21-11-6-5-7-12-21/h8-10,13-16,21H,5-7,11-12H2,1-4H3,(H,33,34)(H,35,36)(H2,31,32,37)/t29-/m0/s1. The number of amides is 3. The van der Waals surface area contributed by atoms with Gasteiger partial charge in [-0.15, -0.1) is 0 Å². The van der Waals surface area contributed by atoms with E-state index >= 15 is 0 Å². The molecule has 1 aromatic heterocycles. The molecule has 37 heavy (non-hydrogen) atoms. The van der Waals surface area contributed by atoms with Gasteiger partial charge in [-0.05, 0) is 69.7 Å². The van der Waals surface area contributed by atoms with Gasteiger partial charge in [0.15, 0.2) is 5.69 Å². The molecule has 0 bridgehead atoms. The number of carbonyl (C=O) groups is 3. The van der Waals surface area contributed by atoms with Gasteiger partial charge in [0.1, 0.15) is 5.54 Å². The van der Waals surface area contributed by atoms with Gasteiger partial charge in [0.2, 0.25) is 0 Å². The maximum Gasteiger partial charge on any atom is 0.329 e. The third kappa shape index (κ3) is 5.58. The van der Waals surface area contributed by atoms with Crippen molar-refractivity contribution in [3.8, 4) is 0 Å². The number of urea groups is 1. The maximum atomic E-state index is 13.5. The third-order valence-corrected chi connectivity index (χ3v) is 7.34. The Morgan fingerprint density at radius 3 is 2.24 bits per heavy atom. The number of benzene rings is 2. The first-order valence-electron chi connectivity index (χ1n) is 12.7. The second-order valence-electron chi connectivity index (χ2n) is 10.2. The van der Waals surface area contributed by atoms with E-state index in [0.717, 1.165) is 54.2 Å². The van der Waals surface area contributed by atoms with E-state index in [0.29, 0.717) is 11.2 Å². The normalized spacial score (nSPS) is 15.6. The Labute approximate surface area is 216 Å². The Balaban J connectivity index is 1.66. The van der Waals surface area contributed by atoms with E-state index in [1.165, 1.54) is 0 Å². The van der Waals surface area contributed by atoms with E-state index in [4.69, 9.17) is 0 Å². The SMILES string of the molecule is Cc1cc(C)c(NC(=O)Nc2cc3ccccc3nc2C(=O)N[C@](C)(C(=O)O)C2CCCCC2)c(C)c1. The van der Waals surface area contributed by atoms with Gasteiger partial charge in [0.05, 0.1) is 11.2 Å². The van der Waals surface area contributed by atoms with Crippen LogP contribution in [0.5, 0.6) is 0 Å². The quantitative estimate of drug-likeness (QED) is 0.332. The fourth-order valence-electron chi connectivity index (χ4n) is 5.33. The first-order valence-corrected chi connectivity index (χ1v) is 12.7. The number of aryl methyl sites for hydroxylation is 3. The zero-order chi connectivity index (χ0) is 26.7. The van der Waals surface area contributed by atoms with Crippen LogP contribution in [0.4, 0.5) is 16.2 Å². The first-order chi connectivity index (χ1) is 17.6. The minimum absolute atomic E-state index is 0.0329. The van der Waals surface area contributed by atoms with Crippen LogP contribution in [0.25, 0.3) is 10.9 Å². The molecule has 1 saturated carbocycles. The summed E-state index contributed by atoms with van der Waals surface area (Å²) in [6, 6.07) is 12.4. The molecule has 1 heterocycles. The van der Waals surface area contributed by atoms with E-state index in [1.807, 2.05) is 51.1 Å². The number of hydrogen-bond acceptors (Lipinski definition) is 4. The van der Waals surface area contributed by atoms with Crippen LogP contribution in [-0.4, -0.2) is 33.5 Å². The van der Waals surface area contributed by atoms with E-state index in [-0.39, 0.29) is 17.3 Å². The second-order valence-corrected chi connectivity index (χ2v) is 10.2. The van der Waals surface area contributed by atoms with Crippen molar-refractivity contribution in [1.82, 2.24) is 10.3 Å². The number of nitrogens with zero attached hydrogens (tertiary/aromatic N) is 1. The number of anilines is 2. The number of hydrogen-bond donors (Lipinski definition) is 4. The van der Waals surface area contributed by atoms with E-state index in [9.17, 15) is 19.5 Å². The highest BCUT2D eigenvalue weighted by Crippen LogP contribution is 2.34. The number of fused-ring (bicyclic) bond motifs is 1. The summed E-state index contributed by atoms with van der Waals surface area (Å²) in [4.78, 5) is 43.5. The molecule has 0 unspecified atom stereocenters. The molecule has 0 saturated heterocycles. The van der Waals surface area contributed by atoms with Gasteiger partial charge in [-0.3, -0.25) is 4.79 Å². The number of nitrogens with one attached hydrogen (secondary N) is 3. The minimum Gasteiger partial charge on any atom is -0.480 e.